The molecule has 10 nitrogen and oxygen atoms in total. The average molecular weight is 371 g/mol. The van der Waals surface area contributed by atoms with Crippen LogP contribution >= 0.6 is 0 Å². The van der Waals surface area contributed by atoms with E-state index in [1.807, 2.05) is 11.5 Å². The Morgan fingerprint density at radius 3 is 2.89 bits per heavy atom. The van der Waals surface area contributed by atoms with Crippen molar-refractivity contribution in [3.05, 3.63) is 11.9 Å². The summed E-state index contributed by atoms with van der Waals surface area (Å²) >= 11 is 0. The topological polar surface area (TPSA) is 151 Å². The zero-order valence-electron chi connectivity index (χ0n) is 15.0. The van der Waals surface area contributed by atoms with E-state index in [1.165, 1.54) is 0 Å². The molecule has 3 heterocycles. The van der Waals surface area contributed by atoms with Crippen molar-refractivity contribution in [2.24, 2.45) is 5.73 Å². The highest BCUT2D eigenvalue weighted by Crippen LogP contribution is 2.33. The zero-order chi connectivity index (χ0) is 19.2. The van der Waals surface area contributed by atoms with Gasteiger partial charge in [0, 0.05) is 13.0 Å². The molecule has 0 saturated carbocycles. The number of aromatic nitrogens is 5. The molecule has 0 bridgehead atoms. The van der Waals surface area contributed by atoms with Gasteiger partial charge >= 0.3 is 0 Å². The van der Waals surface area contributed by atoms with Crippen LogP contribution in [-0.2, 0) is 6.54 Å². The van der Waals surface area contributed by atoms with Gasteiger partial charge in [0.2, 0.25) is 0 Å². The number of fused-ring (bicyclic) bond motifs is 1. The van der Waals surface area contributed by atoms with Crippen LogP contribution in [0.25, 0.3) is 22.6 Å². The summed E-state index contributed by atoms with van der Waals surface area (Å²) in [7, 11) is 0. The number of aliphatic hydroxyl groups excluding tert-OH is 1. The van der Waals surface area contributed by atoms with Crippen molar-refractivity contribution in [1.29, 1.82) is 0 Å². The minimum absolute atomic E-state index is 0.0216. The molecule has 5 N–H and O–H groups in total. The first kappa shape index (κ1) is 18.6. The van der Waals surface area contributed by atoms with Crippen LogP contribution in [0.15, 0.2) is 10.8 Å². The van der Waals surface area contributed by atoms with Crippen molar-refractivity contribution in [1.82, 2.24) is 24.8 Å². The second kappa shape index (κ2) is 8.48. The van der Waals surface area contributed by atoms with Crippen molar-refractivity contribution < 1.29 is 14.5 Å². The number of nitrogen functional groups attached to an aromatic ring is 1. The van der Waals surface area contributed by atoms with Crippen LogP contribution in [0.5, 0.6) is 5.75 Å². The SMILES string of the molecule is CCn1c(-c2nonc2N)nc2c(C#CCCO)ncc(OCCCN)c21. The van der Waals surface area contributed by atoms with Gasteiger partial charge in [-0.25, -0.2) is 14.6 Å². The van der Waals surface area contributed by atoms with E-state index in [1.54, 1.807) is 6.20 Å². The lowest BCUT2D eigenvalue weighted by Crippen LogP contribution is -2.08. The van der Waals surface area contributed by atoms with E-state index in [4.69, 9.17) is 25.9 Å². The van der Waals surface area contributed by atoms with E-state index < -0.39 is 0 Å². The Morgan fingerprint density at radius 2 is 2.22 bits per heavy atom. The van der Waals surface area contributed by atoms with Crippen molar-refractivity contribution in [3.63, 3.8) is 0 Å². The smallest absolute Gasteiger partial charge is 0.199 e. The van der Waals surface area contributed by atoms with Crippen molar-refractivity contribution >= 4 is 16.9 Å². The van der Waals surface area contributed by atoms with E-state index in [-0.39, 0.29) is 12.4 Å². The molecule has 142 valence electrons. The largest absolute Gasteiger partial charge is 0.490 e. The van der Waals surface area contributed by atoms with Gasteiger partial charge in [-0.2, -0.15) is 0 Å². The maximum absolute atomic E-state index is 8.95. The molecule has 27 heavy (non-hydrogen) atoms. The number of hydrogen-bond donors (Lipinski definition) is 3. The predicted molar refractivity (Wildman–Crippen MR) is 98.7 cm³/mol. The summed E-state index contributed by atoms with van der Waals surface area (Å²) < 4.78 is 12.5. The minimum atomic E-state index is -0.0216. The predicted octanol–water partition coefficient (Wildman–Crippen LogP) is 0.545. The molecule has 0 aliphatic carbocycles. The van der Waals surface area contributed by atoms with Crippen molar-refractivity contribution in [2.75, 3.05) is 25.5 Å². The highest BCUT2D eigenvalue weighted by atomic mass is 16.6. The number of pyridine rings is 1. The number of anilines is 1. The number of rotatable bonds is 7. The number of nitrogens with zero attached hydrogens (tertiary/aromatic N) is 5. The average Bonchev–Trinajstić information content (AvgIpc) is 3.26. The number of nitrogens with two attached hydrogens (primary N) is 2. The normalized spacial score (nSPS) is 10.8. The van der Waals surface area contributed by atoms with Crippen LogP contribution in [0.3, 0.4) is 0 Å². The molecule has 3 aromatic rings. The number of aliphatic hydroxyl groups is 1. The Bertz CT molecular complexity index is 984. The lowest BCUT2D eigenvalue weighted by atomic mass is 10.2. The molecule has 0 atom stereocenters. The molecular formula is C17H21N7O3. The van der Waals surface area contributed by atoms with E-state index in [0.29, 0.717) is 61.0 Å². The maximum atomic E-state index is 8.95. The Morgan fingerprint density at radius 1 is 1.37 bits per heavy atom. The highest BCUT2D eigenvalue weighted by molar-refractivity contribution is 5.89. The summed E-state index contributed by atoms with van der Waals surface area (Å²) in [6, 6.07) is 0. The molecule has 0 aliphatic heterocycles. The lowest BCUT2D eigenvalue weighted by Gasteiger charge is -2.10. The molecule has 0 aliphatic rings. The molecular weight excluding hydrogens is 350 g/mol. The first-order valence-electron chi connectivity index (χ1n) is 8.61. The Balaban J connectivity index is 2.20. The van der Waals surface area contributed by atoms with Crippen LogP contribution < -0.4 is 16.2 Å². The molecule has 0 fully saturated rings. The fraction of sp³-hybridized carbons (Fsp3) is 0.412. The third kappa shape index (κ3) is 3.69. The van der Waals surface area contributed by atoms with Gasteiger partial charge in [-0.1, -0.05) is 5.92 Å². The standard InChI is InChI=1S/C17H21N7O3/c1-2-24-15-12(26-9-5-7-18)10-20-11(6-3-4-8-25)13(15)21-17(24)14-16(19)23-27-22-14/h10,25H,2,4-5,7-9,18H2,1H3,(H2,19,23). The first-order valence-corrected chi connectivity index (χ1v) is 8.61. The summed E-state index contributed by atoms with van der Waals surface area (Å²) in [5.41, 5.74) is 13.5. The molecule has 0 spiro atoms. The zero-order valence-corrected chi connectivity index (χ0v) is 15.0. The van der Waals surface area contributed by atoms with E-state index in [9.17, 15) is 0 Å². The second-order valence-electron chi connectivity index (χ2n) is 5.61. The minimum Gasteiger partial charge on any atom is -0.490 e. The first-order chi connectivity index (χ1) is 13.2. The highest BCUT2D eigenvalue weighted by Gasteiger charge is 2.23. The molecule has 0 unspecified atom stereocenters. The van der Waals surface area contributed by atoms with Gasteiger partial charge in [-0.15, -0.1) is 0 Å². The number of ether oxygens (including phenoxy) is 1. The molecule has 10 heteroatoms. The molecule has 0 aromatic carbocycles. The summed E-state index contributed by atoms with van der Waals surface area (Å²) in [5.74, 6) is 7.02. The molecule has 0 amide bonds. The third-order valence-corrected chi connectivity index (χ3v) is 3.83. The molecule has 3 rings (SSSR count). The van der Waals surface area contributed by atoms with Crippen LogP contribution in [0.4, 0.5) is 5.82 Å². The van der Waals surface area contributed by atoms with Gasteiger partial charge in [-0.3, -0.25) is 0 Å². The summed E-state index contributed by atoms with van der Waals surface area (Å²) in [6.07, 6.45) is 2.68. The third-order valence-electron chi connectivity index (χ3n) is 3.83. The van der Waals surface area contributed by atoms with Gasteiger partial charge in [-0.05, 0) is 36.1 Å². The maximum Gasteiger partial charge on any atom is 0.199 e. The van der Waals surface area contributed by atoms with Gasteiger partial charge < -0.3 is 25.9 Å². The van der Waals surface area contributed by atoms with Crippen LogP contribution in [0.2, 0.25) is 0 Å². The fourth-order valence-electron chi connectivity index (χ4n) is 2.62. The Kier molecular flexibility index (Phi) is 5.85. The molecule has 0 radical (unpaired) electrons. The number of aryl methyl sites for hydroxylation is 1. The van der Waals surface area contributed by atoms with Crippen molar-refractivity contribution in [3.8, 4) is 29.1 Å². The second-order valence-corrected chi connectivity index (χ2v) is 5.61. The lowest BCUT2D eigenvalue weighted by molar-refractivity contribution is 0.305. The van der Waals surface area contributed by atoms with Gasteiger partial charge in [0.1, 0.15) is 16.7 Å². The van der Waals surface area contributed by atoms with Gasteiger partial charge in [0.25, 0.3) is 0 Å². The monoisotopic (exact) mass is 371 g/mol. The summed E-state index contributed by atoms with van der Waals surface area (Å²) in [6.45, 7) is 3.52. The summed E-state index contributed by atoms with van der Waals surface area (Å²) in [5, 5.41) is 16.4. The van der Waals surface area contributed by atoms with E-state index in [2.05, 4.69) is 32.1 Å². The van der Waals surface area contributed by atoms with E-state index >= 15 is 0 Å². The van der Waals surface area contributed by atoms with E-state index in [0.717, 1.165) is 5.52 Å². The van der Waals surface area contributed by atoms with Gasteiger partial charge in [0.15, 0.2) is 23.1 Å². The molecule has 3 aromatic heterocycles. The quantitative estimate of drug-likeness (QED) is 0.399. The van der Waals surface area contributed by atoms with Crippen LogP contribution in [0.1, 0.15) is 25.5 Å². The number of hydrogen-bond acceptors (Lipinski definition) is 9. The molecule has 0 saturated heterocycles. The van der Waals surface area contributed by atoms with Crippen LogP contribution in [-0.4, -0.2) is 49.7 Å². The van der Waals surface area contributed by atoms with Gasteiger partial charge in [0.05, 0.1) is 19.4 Å². The number of imidazole rings is 1. The Hall–Kier alpha value is -3.16. The van der Waals surface area contributed by atoms with Crippen LogP contribution in [0, 0.1) is 11.8 Å². The summed E-state index contributed by atoms with van der Waals surface area (Å²) in [4.78, 5) is 9.01. The Labute approximate surface area is 155 Å². The van der Waals surface area contributed by atoms with Crippen molar-refractivity contribution in [2.45, 2.75) is 26.3 Å². The fourth-order valence-corrected chi connectivity index (χ4v) is 2.62.